The summed E-state index contributed by atoms with van der Waals surface area (Å²) in [6, 6.07) is 7.55. The van der Waals surface area contributed by atoms with Crippen molar-refractivity contribution in [2.24, 2.45) is 5.92 Å². The molecule has 3 nitrogen and oxygen atoms in total. The van der Waals surface area contributed by atoms with E-state index in [4.69, 9.17) is 12.2 Å². The van der Waals surface area contributed by atoms with E-state index in [-0.39, 0.29) is 5.91 Å². The van der Waals surface area contributed by atoms with Crippen molar-refractivity contribution >= 4 is 23.2 Å². The summed E-state index contributed by atoms with van der Waals surface area (Å²) in [5.74, 6) is 0.646. The van der Waals surface area contributed by atoms with Gasteiger partial charge in [-0.05, 0) is 49.5 Å². The number of aryl methyl sites for hydroxylation is 1. The van der Waals surface area contributed by atoms with Gasteiger partial charge >= 0.3 is 0 Å². The van der Waals surface area contributed by atoms with Crippen LogP contribution in [-0.4, -0.2) is 29.0 Å². The molecule has 1 amide bonds. The van der Waals surface area contributed by atoms with Crippen molar-refractivity contribution in [3.05, 3.63) is 35.4 Å². The van der Waals surface area contributed by atoms with Gasteiger partial charge < -0.3 is 4.90 Å². The Morgan fingerprint density at radius 2 is 1.95 bits per heavy atom. The first-order valence-corrected chi connectivity index (χ1v) is 7.14. The molecule has 4 heteroatoms. The predicted octanol–water partition coefficient (Wildman–Crippen LogP) is 2.74. The van der Waals surface area contributed by atoms with Crippen LogP contribution in [0.4, 0.5) is 0 Å². The zero-order chi connectivity index (χ0) is 13.8. The van der Waals surface area contributed by atoms with E-state index >= 15 is 0 Å². The molecule has 19 heavy (non-hydrogen) atoms. The Morgan fingerprint density at radius 1 is 1.32 bits per heavy atom. The number of carbonyl (C=O) groups is 1. The highest BCUT2D eigenvalue weighted by atomic mass is 32.1. The maximum absolute atomic E-state index is 12.2. The Balaban J connectivity index is 1.96. The van der Waals surface area contributed by atoms with Gasteiger partial charge in [0.1, 0.15) is 0 Å². The van der Waals surface area contributed by atoms with Crippen LogP contribution in [0.25, 0.3) is 0 Å². The van der Waals surface area contributed by atoms with Gasteiger partial charge in [0.05, 0.1) is 0 Å². The van der Waals surface area contributed by atoms with Gasteiger partial charge in [-0.3, -0.25) is 10.1 Å². The normalized spacial score (nSPS) is 16.2. The zero-order valence-corrected chi connectivity index (χ0v) is 12.3. The number of nitrogens with one attached hydrogen (secondary N) is 1. The Kier molecular flexibility index (Phi) is 4.53. The number of thiocarbonyl (C=S) groups is 1. The zero-order valence-electron chi connectivity index (χ0n) is 11.5. The summed E-state index contributed by atoms with van der Waals surface area (Å²) in [5, 5.41) is 3.40. The molecule has 1 N–H and O–H groups in total. The quantitative estimate of drug-likeness (QED) is 0.801. The summed E-state index contributed by atoms with van der Waals surface area (Å²) in [7, 11) is 0. The van der Waals surface area contributed by atoms with Crippen molar-refractivity contribution in [2.45, 2.75) is 26.7 Å². The number of hydrogen-bond donors (Lipinski definition) is 1. The van der Waals surface area contributed by atoms with Crippen molar-refractivity contribution in [1.29, 1.82) is 0 Å². The summed E-state index contributed by atoms with van der Waals surface area (Å²) in [5.41, 5.74) is 1.66. The second kappa shape index (κ2) is 6.15. The lowest BCUT2D eigenvalue weighted by atomic mass is 10.00. The molecule has 1 heterocycles. The molecule has 0 bridgehead atoms. The molecule has 0 aliphatic carbocycles. The van der Waals surface area contributed by atoms with E-state index in [2.05, 4.69) is 17.1 Å². The molecule has 1 aromatic carbocycles. The molecular weight excluding hydrogens is 256 g/mol. The van der Waals surface area contributed by atoms with Gasteiger partial charge in [-0.25, -0.2) is 0 Å². The third-order valence-electron chi connectivity index (χ3n) is 3.68. The maximum atomic E-state index is 12.2. The maximum Gasteiger partial charge on any atom is 0.257 e. The minimum atomic E-state index is -0.110. The average Bonchev–Trinajstić information content (AvgIpc) is 2.39. The second-order valence-corrected chi connectivity index (χ2v) is 5.63. The summed E-state index contributed by atoms with van der Waals surface area (Å²) in [6.07, 6.45) is 2.28. The van der Waals surface area contributed by atoms with E-state index in [1.54, 1.807) is 0 Å². The Morgan fingerprint density at radius 3 is 2.58 bits per heavy atom. The fourth-order valence-electron chi connectivity index (χ4n) is 2.28. The molecule has 0 atom stereocenters. The van der Waals surface area contributed by atoms with Crippen molar-refractivity contribution in [3.63, 3.8) is 0 Å². The van der Waals surface area contributed by atoms with Crippen LogP contribution in [0.3, 0.4) is 0 Å². The van der Waals surface area contributed by atoms with Gasteiger partial charge in [-0.2, -0.15) is 0 Å². The average molecular weight is 276 g/mol. The lowest BCUT2D eigenvalue weighted by molar-refractivity contribution is 0.0971. The number of nitrogens with zero attached hydrogens (tertiary/aromatic N) is 1. The van der Waals surface area contributed by atoms with E-state index in [1.807, 2.05) is 31.2 Å². The molecule has 0 unspecified atom stereocenters. The van der Waals surface area contributed by atoms with E-state index < -0.39 is 0 Å². The molecule has 0 saturated carbocycles. The highest BCUT2D eigenvalue weighted by molar-refractivity contribution is 7.80. The molecule has 102 valence electrons. The Hall–Kier alpha value is -1.42. The molecule has 0 spiro atoms. The molecular formula is C15H20N2OS. The molecule has 1 fully saturated rings. The summed E-state index contributed by atoms with van der Waals surface area (Å²) >= 11 is 5.33. The lowest BCUT2D eigenvalue weighted by Gasteiger charge is -2.32. The fraction of sp³-hybridized carbons (Fsp3) is 0.467. The first-order valence-electron chi connectivity index (χ1n) is 6.74. The molecule has 0 aromatic heterocycles. The third-order valence-corrected chi connectivity index (χ3v) is 4.04. The van der Waals surface area contributed by atoms with Crippen LogP contribution in [0.15, 0.2) is 24.3 Å². The standard InChI is InChI=1S/C15H20N2OS/c1-11-7-9-17(10-8-11)15(19)16-14(18)13-6-4-3-5-12(13)2/h3-6,11H,7-10H2,1-2H3,(H,16,18,19). The van der Waals surface area contributed by atoms with Gasteiger partial charge in [0.15, 0.2) is 5.11 Å². The first-order chi connectivity index (χ1) is 9.08. The number of benzene rings is 1. The van der Waals surface area contributed by atoms with Crippen molar-refractivity contribution in [3.8, 4) is 0 Å². The van der Waals surface area contributed by atoms with Crippen LogP contribution in [0.5, 0.6) is 0 Å². The fourth-order valence-corrected chi connectivity index (χ4v) is 2.56. The number of hydrogen-bond acceptors (Lipinski definition) is 2. The van der Waals surface area contributed by atoms with Gasteiger partial charge in [-0.15, -0.1) is 0 Å². The first kappa shape index (κ1) is 14.0. The van der Waals surface area contributed by atoms with Crippen molar-refractivity contribution < 1.29 is 4.79 Å². The Bertz CT molecular complexity index is 479. The van der Waals surface area contributed by atoms with E-state index in [0.717, 1.165) is 37.4 Å². The second-order valence-electron chi connectivity index (χ2n) is 5.24. The number of likely N-dealkylation sites (tertiary alicyclic amines) is 1. The Labute approximate surface area is 120 Å². The SMILES string of the molecule is Cc1ccccc1C(=O)NC(=S)N1CCC(C)CC1. The van der Waals surface area contributed by atoms with Crippen LogP contribution in [0.2, 0.25) is 0 Å². The summed E-state index contributed by atoms with van der Waals surface area (Å²) in [6.45, 7) is 6.06. The topological polar surface area (TPSA) is 32.3 Å². The summed E-state index contributed by atoms with van der Waals surface area (Å²) < 4.78 is 0. The van der Waals surface area contributed by atoms with Crippen LogP contribution in [0, 0.1) is 12.8 Å². The molecule has 0 radical (unpaired) electrons. The van der Waals surface area contributed by atoms with Crippen LogP contribution in [-0.2, 0) is 0 Å². The van der Waals surface area contributed by atoms with Gasteiger partial charge in [0.25, 0.3) is 5.91 Å². The number of amides is 1. The summed E-state index contributed by atoms with van der Waals surface area (Å²) in [4.78, 5) is 14.2. The molecule has 2 rings (SSSR count). The van der Waals surface area contributed by atoms with Gasteiger partial charge in [0.2, 0.25) is 0 Å². The smallest absolute Gasteiger partial charge is 0.257 e. The highest BCUT2D eigenvalue weighted by Gasteiger charge is 2.19. The third kappa shape index (κ3) is 3.53. The largest absolute Gasteiger partial charge is 0.349 e. The number of rotatable bonds is 1. The molecule has 1 aromatic rings. The molecule has 1 saturated heterocycles. The molecule has 1 aliphatic heterocycles. The van der Waals surface area contributed by atoms with Gasteiger partial charge in [-0.1, -0.05) is 25.1 Å². The highest BCUT2D eigenvalue weighted by Crippen LogP contribution is 2.16. The van der Waals surface area contributed by atoms with Crippen LogP contribution < -0.4 is 5.32 Å². The van der Waals surface area contributed by atoms with Crippen LogP contribution in [0.1, 0.15) is 35.7 Å². The van der Waals surface area contributed by atoms with Crippen LogP contribution >= 0.6 is 12.2 Å². The predicted molar refractivity (Wildman–Crippen MR) is 81.2 cm³/mol. The van der Waals surface area contributed by atoms with Crippen molar-refractivity contribution in [2.75, 3.05) is 13.1 Å². The number of carbonyl (C=O) groups excluding carboxylic acids is 1. The minimum absolute atomic E-state index is 0.110. The monoisotopic (exact) mass is 276 g/mol. The van der Waals surface area contributed by atoms with Crippen molar-refractivity contribution in [1.82, 2.24) is 10.2 Å². The minimum Gasteiger partial charge on any atom is -0.349 e. The lowest BCUT2D eigenvalue weighted by Crippen LogP contribution is -2.46. The van der Waals surface area contributed by atoms with E-state index in [1.165, 1.54) is 0 Å². The van der Waals surface area contributed by atoms with Gasteiger partial charge in [0, 0.05) is 18.7 Å². The molecule has 1 aliphatic rings. The van der Waals surface area contributed by atoms with E-state index in [9.17, 15) is 4.79 Å². The number of piperidine rings is 1. The van der Waals surface area contributed by atoms with E-state index in [0.29, 0.717) is 10.7 Å².